The Morgan fingerprint density at radius 1 is 1.02 bits per heavy atom. The fourth-order valence-corrected chi connectivity index (χ4v) is 6.51. The molecule has 1 aliphatic heterocycles. The van der Waals surface area contributed by atoms with Gasteiger partial charge in [0.2, 0.25) is 17.7 Å². The molecule has 2 fully saturated rings. The van der Waals surface area contributed by atoms with Gasteiger partial charge in [-0.2, -0.15) is 0 Å². The van der Waals surface area contributed by atoms with Gasteiger partial charge >= 0.3 is 5.97 Å². The van der Waals surface area contributed by atoms with Crippen molar-refractivity contribution in [1.82, 2.24) is 15.5 Å². The Morgan fingerprint density at radius 2 is 1.65 bits per heavy atom. The standard InChI is InChI=1S/C33H41ClN4O8/c1-20-30(43)38(29(23-7-9-24(34)10-8-23)37(20)27(40)13-14-28(41)42)25-11-5-22(6-12-25)19-26(31(44)45)36-32(46)33(15-3-4-16-33)17-18-35-21(2)39/h5-12,20,26,28-29,41-42H,3-4,13-19H2,1-2H3,(H,35,39)(H,36,46)(H,44,45). The van der Waals surface area contributed by atoms with Gasteiger partial charge in [-0.1, -0.05) is 48.7 Å². The summed E-state index contributed by atoms with van der Waals surface area (Å²) in [6.07, 6.45) is 0.515. The van der Waals surface area contributed by atoms with E-state index in [1.807, 2.05) is 0 Å². The third-order valence-corrected chi connectivity index (χ3v) is 9.12. The maximum atomic E-state index is 13.6. The third-order valence-electron chi connectivity index (χ3n) is 8.87. The summed E-state index contributed by atoms with van der Waals surface area (Å²) in [5.41, 5.74) is 0.971. The van der Waals surface area contributed by atoms with Gasteiger partial charge in [0, 0.05) is 43.4 Å². The lowest BCUT2D eigenvalue weighted by Gasteiger charge is -2.31. The predicted octanol–water partition coefficient (Wildman–Crippen LogP) is 2.89. The summed E-state index contributed by atoms with van der Waals surface area (Å²) in [7, 11) is 0. The van der Waals surface area contributed by atoms with Crippen LogP contribution in [0.25, 0.3) is 0 Å². The first kappa shape index (κ1) is 34.9. The van der Waals surface area contributed by atoms with E-state index in [2.05, 4.69) is 10.6 Å². The van der Waals surface area contributed by atoms with Gasteiger partial charge in [-0.15, -0.1) is 0 Å². The molecule has 1 heterocycles. The molecule has 1 aliphatic carbocycles. The van der Waals surface area contributed by atoms with Crippen molar-refractivity contribution in [2.75, 3.05) is 11.4 Å². The number of amides is 4. The molecule has 248 valence electrons. The molecular weight excluding hydrogens is 616 g/mol. The van der Waals surface area contributed by atoms with E-state index < -0.39 is 41.8 Å². The molecule has 4 amide bonds. The maximum Gasteiger partial charge on any atom is 0.326 e. The summed E-state index contributed by atoms with van der Waals surface area (Å²) in [5.74, 6) is -2.47. The summed E-state index contributed by atoms with van der Waals surface area (Å²) in [5, 5.41) is 34.6. The number of anilines is 1. The molecule has 12 nitrogen and oxygen atoms in total. The second-order valence-corrected chi connectivity index (χ2v) is 12.5. The fraction of sp³-hybridized carbons (Fsp3) is 0.485. The Kier molecular flexibility index (Phi) is 11.4. The fourth-order valence-electron chi connectivity index (χ4n) is 6.38. The number of aliphatic carboxylic acids is 1. The predicted molar refractivity (Wildman–Crippen MR) is 169 cm³/mol. The molecule has 1 saturated heterocycles. The number of rotatable bonds is 13. The zero-order valence-electron chi connectivity index (χ0n) is 25.9. The quantitative estimate of drug-likeness (QED) is 0.204. The van der Waals surface area contributed by atoms with E-state index in [1.165, 1.54) is 16.7 Å². The highest BCUT2D eigenvalue weighted by Gasteiger charge is 2.47. The molecular formula is C33H41ClN4O8. The molecule has 46 heavy (non-hydrogen) atoms. The van der Waals surface area contributed by atoms with Gasteiger partial charge in [-0.3, -0.25) is 24.1 Å². The minimum atomic E-state index is -1.66. The number of hydrogen-bond donors (Lipinski definition) is 5. The van der Waals surface area contributed by atoms with Crippen LogP contribution in [0.2, 0.25) is 5.02 Å². The van der Waals surface area contributed by atoms with Gasteiger partial charge in [0.25, 0.3) is 5.91 Å². The highest BCUT2D eigenvalue weighted by molar-refractivity contribution is 6.30. The number of hydrogen-bond acceptors (Lipinski definition) is 7. The molecule has 0 spiro atoms. The van der Waals surface area contributed by atoms with E-state index >= 15 is 0 Å². The molecule has 2 aliphatic rings. The maximum absolute atomic E-state index is 13.6. The van der Waals surface area contributed by atoms with Crippen LogP contribution in [0, 0.1) is 5.41 Å². The molecule has 5 N–H and O–H groups in total. The van der Waals surface area contributed by atoms with Crippen molar-refractivity contribution in [1.29, 1.82) is 0 Å². The van der Waals surface area contributed by atoms with Gasteiger partial charge in [-0.25, -0.2) is 4.79 Å². The lowest BCUT2D eigenvalue weighted by atomic mass is 9.81. The van der Waals surface area contributed by atoms with Crippen LogP contribution in [-0.2, 0) is 30.4 Å². The SMILES string of the molecule is CC(=O)NCCC1(C(=O)NC(Cc2ccc(N3C(=O)C(C)N(C(=O)CCC(O)O)C3c3ccc(Cl)cc3)cc2)C(=O)O)CCCC1. The molecule has 0 bridgehead atoms. The number of carboxylic acid groups (broad SMARTS) is 1. The first-order chi connectivity index (χ1) is 21.8. The summed E-state index contributed by atoms with van der Waals surface area (Å²) >= 11 is 6.10. The Balaban J connectivity index is 1.54. The smallest absolute Gasteiger partial charge is 0.326 e. The Bertz CT molecular complexity index is 1430. The summed E-state index contributed by atoms with van der Waals surface area (Å²) < 4.78 is 0. The molecule has 0 radical (unpaired) electrons. The number of benzene rings is 2. The van der Waals surface area contributed by atoms with Crippen molar-refractivity contribution in [2.24, 2.45) is 5.41 Å². The summed E-state index contributed by atoms with van der Waals surface area (Å²) in [4.78, 5) is 66.8. The number of aliphatic hydroxyl groups is 2. The van der Waals surface area contributed by atoms with Gasteiger partial charge in [0.1, 0.15) is 18.2 Å². The van der Waals surface area contributed by atoms with Crippen LogP contribution in [0.5, 0.6) is 0 Å². The number of nitrogens with one attached hydrogen (secondary N) is 2. The lowest BCUT2D eigenvalue weighted by molar-refractivity contribution is -0.144. The third kappa shape index (κ3) is 8.04. The van der Waals surface area contributed by atoms with Crippen LogP contribution < -0.4 is 15.5 Å². The zero-order valence-corrected chi connectivity index (χ0v) is 26.7. The minimum absolute atomic E-state index is 0.00217. The topological polar surface area (TPSA) is 177 Å². The van der Waals surface area contributed by atoms with Crippen molar-refractivity contribution in [3.05, 3.63) is 64.7 Å². The average molecular weight is 657 g/mol. The van der Waals surface area contributed by atoms with E-state index in [-0.39, 0.29) is 37.0 Å². The number of carboxylic acids is 1. The molecule has 13 heteroatoms. The van der Waals surface area contributed by atoms with Crippen LogP contribution in [0.3, 0.4) is 0 Å². The highest BCUT2D eigenvalue weighted by Crippen LogP contribution is 2.42. The molecule has 2 aromatic carbocycles. The molecule has 0 aromatic heterocycles. The Morgan fingerprint density at radius 3 is 2.22 bits per heavy atom. The number of aliphatic hydroxyl groups excluding tert-OH is 1. The van der Waals surface area contributed by atoms with E-state index in [9.17, 15) is 39.3 Å². The van der Waals surface area contributed by atoms with Crippen molar-refractivity contribution in [3.8, 4) is 0 Å². The number of carbonyl (C=O) groups excluding carboxylic acids is 4. The van der Waals surface area contributed by atoms with Crippen LogP contribution in [0.15, 0.2) is 48.5 Å². The van der Waals surface area contributed by atoms with Crippen molar-refractivity contribution < 1.29 is 39.3 Å². The number of nitrogens with zero attached hydrogens (tertiary/aromatic N) is 2. The van der Waals surface area contributed by atoms with Gasteiger partial charge < -0.3 is 30.9 Å². The number of carbonyl (C=O) groups is 5. The molecule has 3 atom stereocenters. The molecule has 2 aromatic rings. The van der Waals surface area contributed by atoms with Gasteiger partial charge in [-0.05, 0) is 61.6 Å². The second-order valence-electron chi connectivity index (χ2n) is 12.1. The van der Waals surface area contributed by atoms with Crippen LogP contribution in [0.4, 0.5) is 5.69 Å². The largest absolute Gasteiger partial charge is 0.480 e. The van der Waals surface area contributed by atoms with Crippen molar-refractivity contribution in [3.63, 3.8) is 0 Å². The minimum Gasteiger partial charge on any atom is -0.480 e. The number of halogens is 1. The summed E-state index contributed by atoms with van der Waals surface area (Å²) in [6.45, 7) is 3.35. The first-order valence-electron chi connectivity index (χ1n) is 15.5. The lowest BCUT2D eigenvalue weighted by Crippen LogP contribution is -2.49. The second kappa shape index (κ2) is 15.1. The zero-order chi connectivity index (χ0) is 33.6. The summed E-state index contributed by atoms with van der Waals surface area (Å²) in [6, 6.07) is 11.4. The van der Waals surface area contributed by atoms with Crippen molar-refractivity contribution in [2.45, 2.75) is 89.8 Å². The molecule has 4 rings (SSSR count). The molecule has 3 unspecified atom stereocenters. The van der Waals surface area contributed by atoms with E-state index in [0.29, 0.717) is 47.6 Å². The van der Waals surface area contributed by atoms with Crippen molar-refractivity contribution >= 4 is 46.9 Å². The van der Waals surface area contributed by atoms with E-state index in [0.717, 1.165) is 12.8 Å². The van der Waals surface area contributed by atoms with Crippen LogP contribution >= 0.6 is 11.6 Å². The first-order valence-corrected chi connectivity index (χ1v) is 15.8. The normalized spacial score (nSPS) is 19.7. The Labute approximate surface area is 272 Å². The van der Waals surface area contributed by atoms with Gasteiger partial charge in [0.15, 0.2) is 6.29 Å². The van der Waals surface area contributed by atoms with Crippen LogP contribution in [0.1, 0.15) is 76.1 Å². The Hall–Kier alpha value is -4.00. The average Bonchev–Trinajstić information content (AvgIpc) is 3.59. The highest BCUT2D eigenvalue weighted by atomic mass is 35.5. The molecule has 1 saturated carbocycles. The van der Waals surface area contributed by atoms with Gasteiger partial charge in [0.05, 0.1) is 5.41 Å². The van der Waals surface area contributed by atoms with Crippen LogP contribution in [-0.4, -0.2) is 74.7 Å². The monoisotopic (exact) mass is 656 g/mol. The van der Waals surface area contributed by atoms with E-state index in [4.69, 9.17) is 11.6 Å². The van der Waals surface area contributed by atoms with E-state index in [1.54, 1.807) is 55.5 Å².